The molecule has 0 aromatic carbocycles. The number of carbonyl (C=O) groups excluding carboxylic acids is 1. The monoisotopic (exact) mass is 187 g/mol. The van der Waals surface area contributed by atoms with Gasteiger partial charge in [-0.1, -0.05) is 20.3 Å². The maximum atomic E-state index is 11.0. The molecular formula is C10H21NO2. The van der Waals surface area contributed by atoms with E-state index in [9.17, 15) is 4.79 Å². The normalized spacial score (nSPS) is 15.1. The van der Waals surface area contributed by atoms with Gasteiger partial charge < -0.3 is 10.1 Å². The first kappa shape index (κ1) is 12.4. The molecule has 3 heteroatoms. The minimum Gasteiger partial charge on any atom is -0.469 e. The molecule has 0 saturated heterocycles. The number of ether oxygens (including phenoxy) is 1. The minimum absolute atomic E-state index is 0.0516. The molecule has 0 heterocycles. The van der Waals surface area contributed by atoms with Crippen LogP contribution in [0.25, 0.3) is 0 Å². The molecule has 0 aliphatic rings. The van der Waals surface area contributed by atoms with Crippen molar-refractivity contribution in [3.63, 3.8) is 0 Å². The Labute approximate surface area is 80.8 Å². The lowest BCUT2D eigenvalue weighted by Gasteiger charge is -2.15. The summed E-state index contributed by atoms with van der Waals surface area (Å²) in [5, 5.41) is 3.30. The molecule has 0 amide bonds. The van der Waals surface area contributed by atoms with Crippen molar-refractivity contribution in [3.8, 4) is 0 Å². The number of nitrogens with one attached hydrogen (secondary N) is 1. The molecule has 2 atom stereocenters. The predicted molar refractivity (Wildman–Crippen MR) is 53.6 cm³/mol. The fraction of sp³-hybridized carbons (Fsp3) is 0.900. The van der Waals surface area contributed by atoms with Crippen molar-refractivity contribution in [2.45, 2.75) is 39.7 Å². The van der Waals surface area contributed by atoms with Gasteiger partial charge in [0.05, 0.1) is 13.0 Å². The molecule has 13 heavy (non-hydrogen) atoms. The molecule has 0 bridgehead atoms. The van der Waals surface area contributed by atoms with Gasteiger partial charge >= 0.3 is 5.97 Å². The minimum atomic E-state index is -0.142. The summed E-state index contributed by atoms with van der Waals surface area (Å²) in [6.07, 6.45) is 2.31. The number of esters is 1. The van der Waals surface area contributed by atoms with Crippen LogP contribution in [0.2, 0.25) is 0 Å². The van der Waals surface area contributed by atoms with Gasteiger partial charge in [-0.2, -0.15) is 0 Å². The smallest absolute Gasteiger partial charge is 0.309 e. The highest BCUT2D eigenvalue weighted by Gasteiger charge is 2.13. The molecule has 0 aromatic rings. The number of rotatable bonds is 6. The van der Waals surface area contributed by atoms with Crippen molar-refractivity contribution in [2.75, 3.05) is 13.7 Å². The number of hydrogen-bond donors (Lipinski definition) is 1. The lowest BCUT2D eigenvalue weighted by Crippen LogP contribution is -2.33. The Morgan fingerprint density at radius 2 is 2.08 bits per heavy atom. The van der Waals surface area contributed by atoms with Crippen molar-refractivity contribution in [1.82, 2.24) is 5.32 Å². The maximum absolute atomic E-state index is 11.0. The molecule has 0 unspecified atom stereocenters. The molecule has 3 nitrogen and oxygen atoms in total. The second kappa shape index (κ2) is 6.89. The maximum Gasteiger partial charge on any atom is 0.309 e. The fourth-order valence-corrected chi connectivity index (χ4v) is 1.20. The van der Waals surface area contributed by atoms with Crippen LogP contribution in [0.4, 0.5) is 0 Å². The quantitative estimate of drug-likeness (QED) is 0.641. The van der Waals surface area contributed by atoms with E-state index in [4.69, 9.17) is 0 Å². The van der Waals surface area contributed by atoms with E-state index in [1.165, 1.54) is 13.5 Å². The van der Waals surface area contributed by atoms with Crippen molar-refractivity contribution in [2.24, 2.45) is 5.92 Å². The average Bonchev–Trinajstić information content (AvgIpc) is 2.13. The van der Waals surface area contributed by atoms with Crippen LogP contribution in [0, 0.1) is 5.92 Å². The number of hydrogen-bond acceptors (Lipinski definition) is 3. The molecule has 0 radical (unpaired) electrons. The summed E-state index contributed by atoms with van der Waals surface area (Å²) in [4.78, 5) is 11.0. The summed E-state index contributed by atoms with van der Waals surface area (Å²) >= 11 is 0. The Morgan fingerprint density at radius 1 is 1.46 bits per heavy atom. The lowest BCUT2D eigenvalue weighted by molar-refractivity contribution is -0.144. The molecule has 78 valence electrons. The lowest BCUT2D eigenvalue weighted by atomic mass is 10.1. The third-order valence-corrected chi connectivity index (χ3v) is 2.10. The first-order chi connectivity index (χ1) is 6.11. The molecule has 0 spiro atoms. The highest BCUT2D eigenvalue weighted by atomic mass is 16.5. The highest BCUT2D eigenvalue weighted by Crippen LogP contribution is 1.99. The topological polar surface area (TPSA) is 38.3 Å². The van der Waals surface area contributed by atoms with Crippen LogP contribution in [0.15, 0.2) is 0 Å². The van der Waals surface area contributed by atoms with E-state index in [2.05, 4.69) is 23.9 Å². The molecule has 0 rings (SSSR count). The molecule has 1 N–H and O–H groups in total. The highest BCUT2D eigenvalue weighted by molar-refractivity contribution is 5.72. The first-order valence-electron chi connectivity index (χ1n) is 4.93. The van der Waals surface area contributed by atoms with Crippen molar-refractivity contribution in [3.05, 3.63) is 0 Å². The Kier molecular flexibility index (Phi) is 6.59. The second-order valence-electron chi connectivity index (χ2n) is 3.52. The summed E-state index contributed by atoms with van der Waals surface area (Å²) in [6.45, 7) is 6.86. The summed E-state index contributed by atoms with van der Waals surface area (Å²) in [5.74, 6) is -0.194. The first-order valence-corrected chi connectivity index (χ1v) is 4.93. The van der Waals surface area contributed by atoms with Gasteiger partial charge in [0.25, 0.3) is 0 Å². The van der Waals surface area contributed by atoms with Gasteiger partial charge in [-0.05, 0) is 13.3 Å². The zero-order valence-corrected chi connectivity index (χ0v) is 9.09. The second-order valence-corrected chi connectivity index (χ2v) is 3.52. The van der Waals surface area contributed by atoms with Crippen LogP contribution in [0.1, 0.15) is 33.6 Å². The number of methoxy groups -OCH3 is 1. The molecule has 0 aliphatic carbocycles. The Bertz CT molecular complexity index is 148. The van der Waals surface area contributed by atoms with Crippen LogP contribution in [-0.4, -0.2) is 25.7 Å². The van der Waals surface area contributed by atoms with Crippen LogP contribution in [-0.2, 0) is 9.53 Å². The van der Waals surface area contributed by atoms with Crippen molar-refractivity contribution >= 4 is 5.97 Å². The molecule has 0 saturated carbocycles. The molecule has 0 aromatic heterocycles. The third-order valence-electron chi connectivity index (χ3n) is 2.10. The van der Waals surface area contributed by atoms with E-state index in [0.717, 1.165) is 6.42 Å². The van der Waals surface area contributed by atoms with Gasteiger partial charge in [-0.25, -0.2) is 0 Å². The van der Waals surface area contributed by atoms with Gasteiger partial charge in [0.15, 0.2) is 0 Å². The predicted octanol–water partition coefficient (Wildman–Crippen LogP) is 1.57. The van der Waals surface area contributed by atoms with Crippen LogP contribution in [0.3, 0.4) is 0 Å². The standard InChI is InChI=1S/C10H21NO2/c1-5-6-9(3)11-7-8(2)10(12)13-4/h8-9,11H,5-7H2,1-4H3/t8-,9-/m0/s1. The summed E-state index contributed by atoms with van der Waals surface area (Å²) in [7, 11) is 1.42. The third kappa shape index (κ3) is 5.64. The zero-order chi connectivity index (χ0) is 10.3. The van der Waals surface area contributed by atoms with E-state index in [0.29, 0.717) is 12.6 Å². The van der Waals surface area contributed by atoms with Crippen LogP contribution < -0.4 is 5.32 Å². The average molecular weight is 187 g/mol. The van der Waals surface area contributed by atoms with E-state index in [-0.39, 0.29) is 11.9 Å². The van der Waals surface area contributed by atoms with Crippen molar-refractivity contribution < 1.29 is 9.53 Å². The van der Waals surface area contributed by atoms with Crippen molar-refractivity contribution in [1.29, 1.82) is 0 Å². The van der Waals surface area contributed by atoms with Gasteiger partial charge in [-0.3, -0.25) is 4.79 Å². The molecular weight excluding hydrogens is 166 g/mol. The van der Waals surface area contributed by atoms with Crippen LogP contribution >= 0.6 is 0 Å². The van der Waals surface area contributed by atoms with Crippen LogP contribution in [0.5, 0.6) is 0 Å². The van der Waals surface area contributed by atoms with Gasteiger partial charge in [0.1, 0.15) is 0 Å². The molecule has 0 aliphatic heterocycles. The summed E-state index contributed by atoms with van der Waals surface area (Å²) in [5.41, 5.74) is 0. The molecule has 0 fully saturated rings. The Balaban J connectivity index is 3.56. The SMILES string of the molecule is CCC[C@H](C)NC[C@H](C)C(=O)OC. The van der Waals surface area contributed by atoms with Gasteiger partial charge in [-0.15, -0.1) is 0 Å². The van der Waals surface area contributed by atoms with E-state index in [1.807, 2.05) is 6.92 Å². The largest absolute Gasteiger partial charge is 0.469 e. The Hall–Kier alpha value is -0.570. The number of carbonyl (C=O) groups is 1. The van der Waals surface area contributed by atoms with E-state index < -0.39 is 0 Å². The van der Waals surface area contributed by atoms with E-state index in [1.54, 1.807) is 0 Å². The summed E-state index contributed by atoms with van der Waals surface area (Å²) < 4.78 is 4.63. The van der Waals surface area contributed by atoms with Gasteiger partial charge in [0.2, 0.25) is 0 Å². The fourth-order valence-electron chi connectivity index (χ4n) is 1.20. The summed E-state index contributed by atoms with van der Waals surface area (Å²) in [6, 6.07) is 0.483. The Morgan fingerprint density at radius 3 is 2.54 bits per heavy atom. The zero-order valence-electron chi connectivity index (χ0n) is 9.09. The van der Waals surface area contributed by atoms with E-state index >= 15 is 0 Å². The van der Waals surface area contributed by atoms with Gasteiger partial charge in [0, 0.05) is 12.6 Å².